The summed E-state index contributed by atoms with van der Waals surface area (Å²) in [6, 6.07) is 6.49. The van der Waals surface area contributed by atoms with Gasteiger partial charge in [-0.25, -0.2) is 9.69 Å². The highest BCUT2D eigenvalue weighted by molar-refractivity contribution is 6.43. The molecular weight excluding hydrogens is 479 g/mol. The largest absolute Gasteiger partial charge is 0.490 e. The molecule has 0 bridgehead atoms. The van der Waals surface area contributed by atoms with Crippen LogP contribution < -0.4 is 19.7 Å². The Morgan fingerprint density at radius 2 is 1.75 bits per heavy atom. The lowest BCUT2D eigenvalue weighted by molar-refractivity contribution is -0.122. The molecule has 0 atom stereocenters. The van der Waals surface area contributed by atoms with Gasteiger partial charge in [-0.3, -0.25) is 14.9 Å². The molecule has 2 aromatic rings. The Hall–Kier alpha value is -2.74. The lowest BCUT2D eigenvalue weighted by Gasteiger charge is -2.26. The molecule has 3 rings (SSSR count). The highest BCUT2D eigenvalue weighted by Gasteiger charge is 2.37. The van der Waals surface area contributed by atoms with Crippen LogP contribution in [0.5, 0.6) is 11.5 Å². The van der Waals surface area contributed by atoms with E-state index in [-0.39, 0.29) is 32.4 Å². The van der Waals surface area contributed by atoms with Crippen molar-refractivity contribution in [3.63, 3.8) is 0 Å². The van der Waals surface area contributed by atoms with Gasteiger partial charge in [0.2, 0.25) is 0 Å². The smallest absolute Gasteiger partial charge is 0.335 e. The minimum absolute atomic E-state index is 0.146. The van der Waals surface area contributed by atoms with E-state index in [4.69, 9.17) is 44.3 Å². The maximum absolute atomic E-state index is 13.1. The summed E-state index contributed by atoms with van der Waals surface area (Å²) >= 11 is 18.3. The number of carbonyl (C=O) groups excluding carboxylic acids is 3. The monoisotopic (exact) mass is 496 g/mol. The van der Waals surface area contributed by atoms with Crippen LogP contribution in [0.2, 0.25) is 15.1 Å². The van der Waals surface area contributed by atoms with Crippen molar-refractivity contribution in [1.82, 2.24) is 5.32 Å². The molecule has 0 unspecified atom stereocenters. The Morgan fingerprint density at radius 3 is 2.38 bits per heavy atom. The first-order valence-corrected chi connectivity index (χ1v) is 10.7. The van der Waals surface area contributed by atoms with E-state index in [0.717, 1.165) is 4.90 Å². The number of imide groups is 2. The number of anilines is 1. The molecule has 1 fully saturated rings. The summed E-state index contributed by atoms with van der Waals surface area (Å²) in [6.45, 7) is 5.85. The number of benzene rings is 2. The van der Waals surface area contributed by atoms with E-state index in [1.165, 1.54) is 30.3 Å². The van der Waals surface area contributed by atoms with Crippen molar-refractivity contribution in [2.24, 2.45) is 0 Å². The summed E-state index contributed by atoms with van der Waals surface area (Å²) in [4.78, 5) is 38.7. The third-order valence-corrected chi connectivity index (χ3v) is 5.28. The molecule has 1 heterocycles. The fraction of sp³-hybridized carbons (Fsp3) is 0.227. The molecule has 1 aliphatic heterocycles. The molecule has 1 N–H and O–H groups in total. The average molecular weight is 498 g/mol. The number of amides is 4. The Morgan fingerprint density at radius 1 is 1.03 bits per heavy atom. The first-order valence-electron chi connectivity index (χ1n) is 9.61. The maximum atomic E-state index is 13.1. The molecule has 1 aliphatic rings. The molecule has 0 saturated carbocycles. The zero-order valence-electron chi connectivity index (χ0n) is 17.4. The number of urea groups is 1. The predicted octanol–water partition coefficient (Wildman–Crippen LogP) is 5.50. The molecule has 0 aliphatic carbocycles. The van der Waals surface area contributed by atoms with Crippen LogP contribution in [0.3, 0.4) is 0 Å². The second kappa shape index (κ2) is 9.81. The van der Waals surface area contributed by atoms with E-state index >= 15 is 0 Å². The molecule has 10 heteroatoms. The molecule has 0 aromatic heterocycles. The van der Waals surface area contributed by atoms with Crippen LogP contribution in [0.1, 0.15) is 26.3 Å². The number of barbiturate groups is 1. The van der Waals surface area contributed by atoms with Crippen LogP contribution in [0.25, 0.3) is 6.08 Å². The Labute approximate surface area is 199 Å². The van der Waals surface area contributed by atoms with Gasteiger partial charge in [0.25, 0.3) is 11.8 Å². The number of nitrogens with zero attached hydrogens (tertiary/aromatic N) is 1. The molecule has 0 spiro atoms. The van der Waals surface area contributed by atoms with Gasteiger partial charge in [-0.1, -0.05) is 34.8 Å². The maximum Gasteiger partial charge on any atom is 0.335 e. The first-order chi connectivity index (χ1) is 15.1. The van der Waals surface area contributed by atoms with Gasteiger partial charge in [-0.15, -0.1) is 0 Å². The van der Waals surface area contributed by atoms with Crippen LogP contribution in [-0.2, 0) is 9.59 Å². The van der Waals surface area contributed by atoms with Gasteiger partial charge in [0.05, 0.1) is 33.5 Å². The lowest BCUT2D eigenvalue weighted by atomic mass is 10.1. The molecule has 168 valence electrons. The van der Waals surface area contributed by atoms with Gasteiger partial charge in [-0.2, -0.15) is 0 Å². The number of carbonyl (C=O) groups is 3. The summed E-state index contributed by atoms with van der Waals surface area (Å²) in [7, 11) is 0. The van der Waals surface area contributed by atoms with Crippen molar-refractivity contribution in [2.45, 2.75) is 26.9 Å². The number of halogens is 3. The standard InChI is InChI=1S/C22H19Cl3N2O5/c1-4-31-18-9-12(8-17(25)19(18)32-11(2)3)7-14-20(28)26-22(30)27(21(14)29)13-5-6-15(23)16(24)10-13/h5-11H,4H2,1-3H3,(H,26,28,30)/b14-7+. The van der Waals surface area contributed by atoms with Gasteiger partial charge in [-0.05, 0) is 62.7 Å². The molecule has 4 amide bonds. The summed E-state index contributed by atoms with van der Waals surface area (Å²) in [5.74, 6) is -0.944. The summed E-state index contributed by atoms with van der Waals surface area (Å²) in [6.07, 6.45) is 1.18. The zero-order valence-corrected chi connectivity index (χ0v) is 19.6. The van der Waals surface area contributed by atoms with Crippen molar-refractivity contribution in [2.75, 3.05) is 11.5 Å². The molecule has 32 heavy (non-hydrogen) atoms. The van der Waals surface area contributed by atoms with E-state index < -0.39 is 17.8 Å². The lowest BCUT2D eigenvalue weighted by Crippen LogP contribution is -2.54. The van der Waals surface area contributed by atoms with E-state index in [1.807, 2.05) is 13.8 Å². The van der Waals surface area contributed by atoms with Crippen LogP contribution in [-0.4, -0.2) is 30.6 Å². The van der Waals surface area contributed by atoms with Crippen molar-refractivity contribution >= 4 is 64.4 Å². The van der Waals surface area contributed by atoms with Crippen molar-refractivity contribution < 1.29 is 23.9 Å². The second-order valence-corrected chi connectivity index (χ2v) is 8.21. The van der Waals surface area contributed by atoms with Crippen LogP contribution in [0, 0.1) is 0 Å². The van der Waals surface area contributed by atoms with Gasteiger partial charge >= 0.3 is 6.03 Å². The molecule has 7 nitrogen and oxygen atoms in total. The summed E-state index contributed by atoms with van der Waals surface area (Å²) in [5.41, 5.74) is 0.303. The Kier molecular flexibility index (Phi) is 7.33. The minimum atomic E-state index is -0.899. The number of ether oxygens (including phenoxy) is 2. The van der Waals surface area contributed by atoms with Gasteiger partial charge in [0.15, 0.2) is 11.5 Å². The highest BCUT2D eigenvalue weighted by atomic mass is 35.5. The number of nitrogens with one attached hydrogen (secondary N) is 1. The molecular formula is C22H19Cl3N2O5. The van der Waals surface area contributed by atoms with Crippen molar-refractivity contribution in [3.05, 3.63) is 56.5 Å². The van der Waals surface area contributed by atoms with Gasteiger partial charge in [0, 0.05) is 0 Å². The molecule has 0 radical (unpaired) electrons. The normalized spacial score (nSPS) is 15.4. The number of hydrogen-bond donors (Lipinski definition) is 1. The van der Waals surface area contributed by atoms with E-state index in [1.54, 1.807) is 13.0 Å². The van der Waals surface area contributed by atoms with E-state index in [2.05, 4.69) is 5.32 Å². The first kappa shape index (κ1) is 23.9. The topological polar surface area (TPSA) is 84.9 Å². The zero-order chi connectivity index (χ0) is 23.6. The van der Waals surface area contributed by atoms with E-state index in [0.29, 0.717) is 23.7 Å². The Bertz CT molecular complexity index is 1130. The number of rotatable bonds is 6. The highest BCUT2D eigenvalue weighted by Crippen LogP contribution is 2.38. The third kappa shape index (κ3) is 5.01. The quantitative estimate of drug-likeness (QED) is 0.421. The summed E-state index contributed by atoms with van der Waals surface area (Å²) < 4.78 is 11.3. The molecule has 2 aromatic carbocycles. The van der Waals surface area contributed by atoms with E-state index in [9.17, 15) is 14.4 Å². The Balaban J connectivity index is 2.04. The average Bonchev–Trinajstić information content (AvgIpc) is 2.70. The van der Waals surface area contributed by atoms with Crippen LogP contribution >= 0.6 is 34.8 Å². The number of hydrogen-bond acceptors (Lipinski definition) is 5. The molecule has 1 saturated heterocycles. The van der Waals surface area contributed by atoms with Gasteiger partial charge < -0.3 is 9.47 Å². The van der Waals surface area contributed by atoms with Crippen molar-refractivity contribution in [1.29, 1.82) is 0 Å². The SMILES string of the molecule is CCOc1cc(/C=C2\C(=O)NC(=O)N(c3ccc(Cl)c(Cl)c3)C2=O)cc(Cl)c1OC(C)C. The minimum Gasteiger partial charge on any atom is -0.490 e. The summed E-state index contributed by atoms with van der Waals surface area (Å²) in [5, 5.41) is 2.81. The van der Waals surface area contributed by atoms with Gasteiger partial charge in [0.1, 0.15) is 5.57 Å². The van der Waals surface area contributed by atoms with Crippen molar-refractivity contribution in [3.8, 4) is 11.5 Å². The third-order valence-electron chi connectivity index (χ3n) is 4.26. The second-order valence-electron chi connectivity index (χ2n) is 6.99. The fourth-order valence-corrected chi connectivity index (χ4v) is 3.52. The predicted molar refractivity (Wildman–Crippen MR) is 124 cm³/mol. The van der Waals surface area contributed by atoms with Crippen LogP contribution in [0.15, 0.2) is 35.9 Å². The fourth-order valence-electron chi connectivity index (χ4n) is 2.97. The van der Waals surface area contributed by atoms with Crippen LogP contribution in [0.4, 0.5) is 10.5 Å².